The van der Waals surface area contributed by atoms with Crippen molar-refractivity contribution in [3.8, 4) is 0 Å². The quantitative estimate of drug-likeness (QED) is 0.396. The van der Waals surface area contributed by atoms with E-state index in [2.05, 4.69) is 6.58 Å². The molecule has 4 rings (SSSR count). The predicted octanol–water partition coefficient (Wildman–Crippen LogP) is 4.15. The van der Waals surface area contributed by atoms with Gasteiger partial charge in [0.15, 0.2) is 6.79 Å². The number of carbonyl (C=O) groups is 2. The molecule has 27 heavy (non-hydrogen) atoms. The fraction of sp³-hybridized carbons (Fsp3) is 0.818. The van der Waals surface area contributed by atoms with Crippen molar-refractivity contribution in [2.45, 2.75) is 82.8 Å². The zero-order valence-electron chi connectivity index (χ0n) is 16.4. The normalized spacial score (nSPS) is 37.8. The van der Waals surface area contributed by atoms with Gasteiger partial charge in [0.25, 0.3) is 0 Å². The molecule has 4 saturated carbocycles. The second-order valence-electron chi connectivity index (χ2n) is 9.34. The van der Waals surface area contributed by atoms with Crippen LogP contribution in [0.3, 0.4) is 0 Å². The van der Waals surface area contributed by atoms with Crippen LogP contribution in [0.1, 0.15) is 71.1 Å². The molecule has 5 heteroatoms. The minimum absolute atomic E-state index is 0.0726. The van der Waals surface area contributed by atoms with Crippen LogP contribution >= 0.6 is 0 Å². The molecule has 5 atom stereocenters. The highest BCUT2D eigenvalue weighted by molar-refractivity contribution is 5.87. The van der Waals surface area contributed by atoms with E-state index in [0.717, 1.165) is 44.9 Å². The Morgan fingerprint density at radius 3 is 2.59 bits per heavy atom. The van der Waals surface area contributed by atoms with E-state index in [0.29, 0.717) is 17.4 Å². The molecule has 5 unspecified atom stereocenters. The number of hydrogen-bond donors (Lipinski definition) is 0. The second kappa shape index (κ2) is 7.57. The summed E-state index contributed by atoms with van der Waals surface area (Å²) in [5.41, 5.74) is 0.0589. The zero-order chi connectivity index (χ0) is 19.0. The lowest BCUT2D eigenvalue weighted by molar-refractivity contribution is -0.172. The molecule has 3 bridgehead atoms. The smallest absolute Gasteiger partial charge is 0.333 e. The molecule has 0 aliphatic heterocycles. The summed E-state index contributed by atoms with van der Waals surface area (Å²) in [7, 11) is 0. The Kier molecular flexibility index (Phi) is 5.32. The van der Waals surface area contributed by atoms with Gasteiger partial charge >= 0.3 is 11.9 Å². The summed E-state index contributed by atoms with van der Waals surface area (Å²) >= 11 is 0. The standard InChI is InChI=1S/C22H32O5/c1-14(2)20(23)27-22-10-15-8-16(11-22)19(12-22)18(9-15)21(24)26-13-25-17-6-4-3-5-7-17/h15-19H,1,3-13H2,2H3. The maximum absolute atomic E-state index is 12.8. The van der Waals surface area contributed by atoms with E-state index in [1.54, 1.807) is 6.92 Å². The largest absolute Gasteiger partial charge is 0.456 e. The van der Waals surface area contributed by atoms with Crippen LogP contribution < -0.4 is 0 Å². The van der Waals surface area contributed by atoms with Crippen molar-refractivity contribution in [1.82, 2.24) is 0 Å². The molecule has 5 nitrogen and oxygen atoms in total. The molecule has 0 amide bonds. The molecule has 0 N–H and O–H groups in total. The summed E-state index contributed by atoms with van der Waals surface area (Å²) in [5.74, 6) is 0.691. The van der Waals surface area contributed by atoms with Gasteiger partial charge in [0.05, 0.1) is 12.0 Å². The lowest BCUT2D eigenvalue weighted by Crippen LogP contribution is -2.40. The van der Waals surface area contributed by atoms with Crippen LogP contribution in [0.2, 0.25) is 0 Å². The third-order valence-electron chi connectivity index (χ3n) is 7.27. The molecule has 0 heterocycles. The summed E-state index contributed by atoms with van der Waals surface area (Å²) in [5, 5.41) is 0. The van der Waals surface area contributed by atoms with E-state index in [1.165, 1.54) is 19.3 Å². The number of fused-ring (bicyclic) bond motifs is 2. The molecule has 0 aromatic heterocycles. The summed E-state index contributed by atoms with van der Waals surface area (Å²) in [6.07, 6.45) is 10.6. The van der Waals surface area contributed by atoms with Crippen LogP contribution in [-0.4, -0.2) is 30.4 Å². The van der Waals surface area contributed by atoms with Gasteiger partial charge in [-0.2, -0.15) is 0 Å². The molecule has 0 saturated heterocycles. The number of carbonyl (C=O) groups excluding carboxylic acids is 2. The molecule has 0 aromatic rings. The first kappa shape index (κ1) is 19.0. The van der Waals surface area contributed by atoms with Gasteiger partial charge in [-0.3, -0.25) is 4.79 Å². The van der Waals surface area contributed by atoms with E-state index >= 15 is 0 Å². The maximum atomic E-state index is 12.8. The minimum Gasteiger partial charge on any atom is -0.456 e. The van der Waals surface area contributed by atoms with Gasteiger partial charge in [-0.1, -0.05) is 25.8 Å². The Labute approximate surface area is 161 Å². The Hall–Kier alpha value is -1.36. The predicted molar refractivity (Wildman–Crippen MR) is 99.6 cm³/mol. The van der Waals surface area contributed by atoms with Crippen molar-refractivity contribution >= 4 is 11.9 Å². The number of esters is 2. The summed E-state index contributed by atoms with van der Waals surface area (Å²) in [6, 6.07) is 0. The topological polar surface area (TPSA) is 61.8 Å². The van der Waals surface area contributed by atoms with Gasteiger partial charge in [0.1, 0.15) is 5.60 Å². The van der Waals surface area contributed by atoms with E-state index in [-0.39, 0.29) is 42.3 Å². The summed E-state index contributed by atoms with van der Waals surface area (Å²) in [4.78, 5) is 24.9. The van der Waals surface area contributed by atoms with Crippen molar-refractivity contribution in [2.24, 2.45) is 23.7 Å². The van der Waals surface area contributed by atoms with Gasteiger partial charge in [-0.25, -0.2) is 4.79 Å². The Bertz CT molecular complexity index is 608. The van der Waals surface area contributed by atoms with Crippen molar-refractivity contribution < 1.29 is 23.8 Å². The third-order valence-corrected chi connectivity index (χ3v) is 7.27. The van der Waals surface area contributed by atoms with Gasteiger partial charge in [-0.15, -0.1) is 0 Å². The highest BCUT2D eigenvalue weighted by Crippen LogP contribution is 2.60. The molecular formula is C22H32O5. The average molecular weight is 376 g/mol. The van der Waals surface area contributed by atoms with Crippen molar-refractivity contribution in [3.63, 3.8) is 0 Å². The third kappa shape index (κ3) is 3.94. The van der Waals surface area contributed by atoms with Crippen LogP contribution in [0, 0.1) is 23.7 Å². The Balaban J connectivity index is 1.33. The lowest BCUT2D eigenvalue weighted by atomic mass is 9.67. The molecule has 150 valence electrons. The maximum Gasteiger partial charge on any atom is 0.333 e. The second-order valence-corrected chi connectivity index (χ2v) is 9.34. The molecule has 4 fully saturated rings. The van der Waals surface area contributed by atoms with Crippen LogP contribution in [0.25, 0.3) is 0 Å². The van der Waals surface area contributed by atoms with E-state index < -0.39 is 0 Å². The van der Waals surface area contributed by atoms with Crippen LogP contribution in [0.4, 0.5) is 0 Å². The van der Waals surface area contributed by atoms with Crippen molar-refractivity contribution in [1.29, 1.82) is 0 Å². The lowest BCUT2D eigenvalue weighted by Gasteiger charge is -2.41. The number of rotatable bonds is 6. The SMILES string of the molecule is C=C(C)C(=O)OC12CC3CC(C1)C(C2)C(C(=O)OCOC1CCCCC1)C3. The van der Waals surface area contributed by atoms with Gasteiger partial charge in [0, 0.05) is 5.57 Å². The monoisotopic (exact) mass is 376 g/mol. The fourth-order valence-electron chi connectivity index (χ4n) is 6.16. The first-order chi connectivity index (χ1) is 13.0. The van der Waals surface area contributed by atoms with Crippen LogP contribution in [-0.2, 0) is 23.8 Å². The van der Waals surface area contributed by atoms with E-state index in [9.17, 15) is 9.59 Å². The summed E-state index contributed by atoms with van der Waals surface area (Å²) in [6.45, 7) is 5.48. The first-order valence-electron chi connectivity index (χ1n) is 10.6. The highest BCUT2D eigenvalue weighted by atomic mass is 16.7. The van der Waals surface area contributed by atoms with Crippen LogP contribution in [0.15, 0.2) is 12.2 Å². The molecular weight excluding hydrogens is 344 g/mol. The van der Waals surface area contributed by atoms with Crippen molar-refractivity contribution in [3.05, 3.63) is 12.2 Å². The molecule has 4 aliphatic rings. The number of ether oxygens (including phenoxy) is 3. The Morgan fingerprint density at radius 2 is 1.85 bits per heavy atom. The van der Waals surface area contributed by atoms with E-state index in [4.69, 9.17) is 14.2 Å². The highest BCUT2D eigenvalue weighted by Gasteiger charge is 2.59. The first-order valence-corrected chi connectivity index (χ1v) is 10.6. The van der Waals surface area contributed by atoms with Crippen LogP contribution in [0.5, 0.6) is 0 Å². The number of hydrogen-bond acceptors (Lipinski definition) is 5. The summed E-state index contributed by atoms with van der Waals surface area (Å²) < 4.78 is 17.2. The molecule has 0 aromatic carbocycles. The Morgan fingerprint density at radius 1 is 1.07 bits per heavy atom. The van der Waals surface area contributed by atoms with Gasteiger partial charge in [-0.05, 0) is 69.6 Å². The minimum atomic E-state index is -0.387. The van der Waals surface area contributed by atoms with E-state index in [1.807, 2.05) is 0 Å². The zero-order valence-corrected chi connectivity index (χ0v) is 16.4. The fourth-order valence-corrected chi connectivity index (χ4v) is 6.16. The van der Waals surface area contributed by atoms with Gasteiger partial charge in [0.2, 0.25) is 0 Å². The average Bonchev–Trinajstić information content (AvgIpc) is 2.82. The molecule has 4 aliphatic carbocycles. The van der Waals surface area contributed by atoms with Gasteiger partial charge < -0.3 is 14.2 Å². The van der Waals surface area contributed by atoms with Crippen molar-refractivity contribution in [2.75, 3.05) is 6.79 Å². The molecule has 0 radical (unpaired) electrons. The molecule has 0 spiro atoms.